The van der Waals surface area contributed by atoms with E-state index in [1.165, 1.54) is 16.4 Å². The first-order valence-corrected chi connectivity index (χ1v) is 8.62. The number of halogens is 1. The van der Waals surface area contributed by atoms with Crippen LogP contribution in [0.25, 0.3) is 0 Å². The van der Waals surface area contributed by atoms with Gasteiger partial charge >= 0.3 is 0 Å². The van der Waals surface area contributed by atoms with Crippen LogP contribution in [0.5, 0.6) is 0 Å². The van der Waals surface area contributed by atoms with Crippen molar-refractivity contribution in [3.8, 4) is 0 Å². The van der Waals surface area contributed by atoms with E-state index >= 15 is 0 Å². The predicted molar refractivity (Wildman–Crippen MR) is 80.1 cm³/mol. The minimum Gasteiger partial charge on any atom is -0.363 e. The van der Waals surface area contributed by atoms with Gasteiger partial charge in [0.2, 0.25) is 15.9 Å². The van der Waals surface area contributed by atoms with Gasteiger partial charge in [0.05, 0.1) is 4.90 Å². The number of nitrogens with zero attached hydrogens (tertiary/aromatic N) is 3. The fraction of sp³-hybridized carbons (Fsp3) is 0.308. The van der Waals surface area contributed by atoms with Crippen LogP contribution in [-0.4, -0.2) is 35.3 Å². The highest BCUT2D eigenvalue weighted by Gasteiger charge is 2.39. The number of rotatable bonds is 4. The summed E-state index contributed by atoms with van der Waals surface area (Å²) in [7, 11) is -3.76. The molecule has 0 spiro atoms. The van der Waals surface area contributed by atoms with E-state index in [-0.39, 0.29) is 16.6 Å². The van der Waals surface area contributed by atoms with Gasteiger partial charge in [0.15, 0.2) is 0 Å². The first kappa shape index (κ1) is 15.9. The number of benzene rings is 1. The Labute approximate surface area is 137 Å². The van der Waals surface area contributed by atoms with Gasteiger partial charge in [-0.25, -0.2) is 8.42 Å². The molecule has 0 aliphatic carbocycles. The quantitative estimate of drug-likeness (QED) is 0.882. The standard InChI is InChI=1S/C13H13ClN4O4S/c14-8-3-1-4-9(7-8)23(20,21)18-6-2-5-10(18)13-16-12(11(15)19)17-22-13/h1,3-4,7,10H,2,5-6H2,(H2,15,19)/t10-/m0/s1. The maximum absolute atomic E-state index is 12.8. The average Bonchev–Trinajstić information content (AvgIpc) is 3.16. The molecule has 0 radical (unpaired) electrons. The highest BCUT2D eigenvalue weighted by atomic mass is 35.5. The van der Waals surface area contributed by atoms with Crippen LogP contribution < -0.4 is 5.73 Å². The van der Waals surface area contributed by atoms with Crippen LogP contribution >= 0.6 is 11.6 Å². The molecule has 1 aliphatic rings. The van der Waals surface area contributed by atoms with Crippen LogP contribution in [0.1, 0.15) is 35.4 Å². The molecular formula is C13H13ClN4O4S. The molecule has 23 heavy (non-hydrogen) atoms. The smallest absolute Gasteiger partial charge is 0.290 e. The molecule has 10 heteroatoms. The lowest BCUT2D eigenvalue weighted by Crippen LogP contribution is -2.31. The van der Waals surface area contributed by atoms with E-state index in [0.29, 0.717) is 24.4 Å². The Morgan fingerprint density at radius 1 is 1.43 bits per heavy atom. The van der Waals surface area contributed by atoms with E-state index in [1.807, 2.05) is 0 Å². The molecule has 1 fully saturated rings. The normalized spacial score (nSPS) is 19.1. The maximum atomic E-state index is 12.8. The Morgan fingerprint density at radius 2 is 2.22 bits per heavy atom. The number of nitrogens with two attached hydrogens (primary N) is 1. The van der Waals surface area contributed by atoms with Gasteiger partial charge in [0.25, 0.3) is 11.7 Å². The van der Waals surface area contributed by atoms with Crippen molar-refractivity contribution in [3.05, 3.63) is 41.0 Å². The van der Waals surface area contributed by atoms with Gasteiger partial charge in [0, 0.05) is 11.6 Å². The van der Waals surface area contributed by atoms with Gasteiger partial charge in [-0.1, -0.05) is 22.8 Å². The Balaban J connectivity index is 1.96. The van der Waals surface area contributed by atoms with Crippen LogP contribution in [0, 0.1) is 0 Å². The summed E-state index contributed by atoms with van der Waals surface area (Å²) in [5, 5.41) is 3.79. The largest absolute Gasteiger partial charge is 0.363 e. The van der Waals surface area contributed by atoms with Gasteiger partial charge in [-0.15, -0.1) is 0 Å². The van der Waals surface area contributed by atoms with E-state index in [1.54, 1.807) is 12.1 Å². The molecule has 2 heterocycles. The Morgan fingerprint density at radius 3 is 2.87 bits per heavy atom. The number of carbonyl (C=O) groups is 1. The molecule has 0 unspecified atom stereocenters. The molecule has 2 aromatic rings. The molecule has 2 N–H and O–H groups in total. The molecule has 3 rings (SSSR count). The van der Waals surface area contributed by atoms with Gasteiger partial charge in [-0.3, -0.25) is 4.79 Å². The van der Waals surface area contributed by atoms with Gasteiger partial charge < -0.3 is 10.3 Å². The molecule has 1 amide bonds. The van der Waals surface area contributed by atoms with Gasteiger partial charge in [-0.2, -0.15) is 9.29 Å². The summed E-state index contributed by atoms with van der Waals surface area (Å²) in [5.41, 5.74) is 5.08. The lowest BCUT2D eigenvalue weighted by molar-refractivity contribution is 0.0987. The third-order valence-electron chi connectivity index (χ3n) is 3.55. The van der Waals surface area contributed by atoms with Crippen LogP contribution in [0.3, 0.4) is 0 Å². The first-order chi connectivity index (χ1) is 10.9. The minimum atomic E-state index is -3.76. The van der Waals surface area contributed by atoms with Crippen molar-refractivity contribution in [1.82, 2.24) is 14.4 Å². The van der Waals surface area contributed by atoms with Gasteiger partial charge in [0.1, 0.15) is 6.04 Å². The summed E-state index contributed by atoms with van der Waals surface area (Å²) >= 11 is 5.87. The zero-order chi connectivity index (χ0) is 16.6. The third kappa shape index (κ3) is 2.94. The lowest BCUT2D eigenvalue weighted by Gasteiger charge is -2.21. The molecule has 1 atom stereocenters. The molecule has 1 aromatic heterocycles. The summed E-state index contributed by atoms with van der Waals surface area (Å²) in [6, 6.07) is 5.39. The summed E-state index contributed by atoms with van der Waals surface area (Å²) in [5.74, 6) is -1.05. The number of amides is 1. The van der Waals surface area contributed by atoms with Crippen molar-refractivity contribution in [3.63, 3.8) is 0 Å². The second kappa shape index (κ2) is 5.91. The zero-order valence-corrected chi connectivity index (χ0v) is 13.4. The van der Waals surface area contributed by atoms with Crippen molar-refractivity contribution in [1.29, 1.82) is 0 Å². The predicted octanol–water partition coefficient (Wildman–Crippen LogP) is 1.35. The van der Waals surface area contributed by atoms with Crippen molar-refractivity contribution in [2.75, 3.05) is 6.54 Å². The molecule has 0 bridgehead atoms. The van der Waals surface area contributed by atoms with E-state index in [0.717, 1.165) is 0 Å². The lowest BCUT2D eigenvalue weighted by atomic mass is 10.2. The van der Waals surface area contributed by atoms with Crippen molar-refractivity contribution < 1.29 is 17.7 Å². The average molecular weight is 357 g/mol. The van der Waals surface area contributed by atoms with Crippen molar-refractivity contribution in [2.24, 2.45) is 5.73 Å². The molecule has 1 aromatic carbocycles. The molecule has 122 valence electrons. The Kier molecular flexibility index (Phi) is 4.09. The number of carbonyl (C=O) groups excluding carboxylic acids is 1. The van der Waals surface area contributed by atoms with Crippen molar-refractivity contribution >= 4 is 27.5 Å². The zero-order valence-electron chi connectivity index (χ0n) is 11.8. The highest BCUT2D eigenvalue weighted by molar-refractivity contribution is 7.89. The molecule has 1 aliphatic heterocycles. The fourth-order valence-corrected chi connectivity index (χ4v) is 4.46. The first-order valence-electron chi connectivity index (χ1n) is 6.80. The molecule has 1 saturated heterocycles. The van der Waals surface area contributed by atoms with Gasteiger partial charge in [-0.05, 0) is 31.0 Å². The monoisotopic (exact) mass is 356 g/mol. The fourth-order valence-electron chi connectivity index (χ4n) is 2.51. The molecular weight excluding hydrogens is 344 g/mol. The Bertz CT molecular complexity index is 851. The van der Waals surface area contributed by atoms with E-state index < -0.39 is 22.0 Å². The number of hydrogen-bond donors (Lipinski definition) is 1. The molecule has 0 saturated carbocycles. The highest BCUT2D eigenvalue weighted by Crippen LogP contribution is 2.36. The number of primary amides is 1. The maximum Gasteiger partial charge on any atom is 0.290 e. The third-order valence-corrected chi connectivity index (χ3v) is 5.69. The topological polar surface area (TPSA) is 119 Å². The summed E-state index contributed by atoms with van der Waals surface area (Å²) < 4.78 is 31.9. The van der Waals surface area contributed by atoms with E-state index in [9.17, 15) is 13.2 Å². The van der Waals surface area contributed by atoms with Crippen LogP contribution in [-0.2, 0) is 10.0 Å². The second-order valence-corrected chi connectivity index (χ2v) is 7.38. The SMILES string of the molecule is NC(=O)c1noc([C@@H]2CCCN2S(=O)(=O)c2cccc(Cl)c2)n1. The summed E-state index contributed by atoms with van der Waals surface area (Å²) in [6.45, 7) is 0.313. The number of hydrogen-bond acceptors (Lipinski definition) is 6. The molecule has 8 nitrogen and oxygen atoms in total. The Hall–Kier alpha value is -1.97. The second-order valence-electron chi connectivity index (χ2n) is 5.05. The van der Waals surface area contributed by atoms with Crippen LogP contribution in [0.15, 0.2) is 33.7 Å². The van der Waals surface area contributed by atoms with Crippen molar-refractivity contribution in [2.45, 2.75) is 23.8 Å². The summed E-state index contributed by atoms with van der Waals surface area (Å²) in [6.07, 6.45) is 1.15. The summed E-state index contributed by atoms with van der Waals surface area (Å²) in [4.78, 5) is 15.0. The number of aromatic nitrogens is 2. The minimum absolute atomic E-state index is 0.0573. The van der Waals surface area contributed by atoms with Crippen LogP contribution in [0.2, 0.25) is 5.02 Å². The van der Waals surface area contributed by atoms with Crippen LogP contribution in [0.4, 0.5) is 0 Å². The van der Waals surface area contributed by atoms with E-state index in [4.69, 9.17) is 21.9 Å². The number of sulfonamides is 1. The van der Waals surface area contributed by atoms with E-state index in [2.05, 4.69) is 10.1 Å².